The Kier molecular flexibility index (Phi) is 16.7. The van der Waals surface area contributed by atoms with Gasteiger partial charge in [-0.15, -0.1) is 0 Å². The van der Waals surface area contributed by atoms with Crippen molar-refractivity contribution in [3.63, 3.8) is 0 Å². The Morgan fingerprint density at radius 3 is 1.65 bits per heavy atom. The highest BCUT2D eigenvalue weighted by Gasteiger charge is 2.37. The van der Waals surface area contributed by atoms with E-state index in [0.717, 1.165) is 72.4 Å². The molecule has 1 aliphatic rings. The van der Waals surface area contributed by atoms with E-state index < -0.39 is 0 Å². The van der Waals surface area contributed by atoms with Crippen molar-refractivity contribution >= 4 is 54.9 Å². The standard InChI is InChI=1S/C54H75NO2/c1-5-9-12-14-16-18-20-22-24-26-30-41-34-35-42-32-28-33-44-47-38-43(31-27-25-23-21-19-17-15-13-10-6-2)50-52-46(37-36-45(51(47)52)49(41)48(42)44)53(56)55(54(50)57)39-40(8-4)29-11-7-3/h28,32-38,40H,5-27,29-31,39H2,1-4H3. The molecule has 0 saturated heterocycles. The lowest BCUT2D eigenvalue weighted by Crippen LogP contribution is -2.43. The predicted molar refractivity (Wildman–Crippen MR) is 247 cm³/mol. The Bertz CT molecular complexity index is 2030. The van der Waals surface area contributed by atoms with Crippen LogP contribution in [0.1, 0.15) is 214 Å². The van der Waals surface area contributed by atoms with Gasteiger partial charge in [-0.1, -0.05) is 199 Å². The fourth-order valence-electron chi connectivity index (χ4n) is 10.1. The van der Waals surface area contributed by atoms with Gasteiger partial charge in [0, 0.05) is 17.5 Å². The van der Waals surface area contributed by atoms with Crippen LogP contribution in [-0.2, 0) is 12.8 Å². The zero-order valence-corrected chi connectivity index (χ0v) is 36.6. The van der Waals surface area contributed by atoms with Gasteiger partial charge >= 0.3 is 0 Å². The maximum absolute atomic E-state index is 14.9. The number of amides is 2. The fraction of sp³-hybridized carbons (Fsp3) is 0.593. The summed E-state index contributed by atoms with van der Waals surface area (Å²) in [5.41, 5.74) is 4.08. The monoisotopic (exact) mass is 770 g/mol. The maximum Gasteiger partial charge on any atom is 0.261 e. The molecular formula is C54H75NO2. The summed E-state index contributed by atoms with van der Waals surface area (Å²) in [7, 11) is 0. The summed E-state index contributed by atoms with van der Waals surface area (Å²) >= 11 is 0. The van der Waals surface area contributed by atoms with Crippen molar-refractivity contribution in [3.05, 3.63) is 70.8 Å². The summed E-state index contributed by atoms with van der Waals surface area (Å²) in [5, 5.41) is 9.70. The minimum absolute atomic E-state index is 0.0594. The van der Waals surface area contributed by atoms with Crippen LogP contribution in [0.4, 0.5) is 0 Å². The number of fused-ring (bicyclic) bond motifs is 2. The van der Waals surface area contributed by atoms with E-state index in [0.29, 0.717) is 12.5 Å². The van der Waals surface area contributed by atoms with Crippen molar-refractivity contribution in [2.24, 2.45) is 5.92 Å². The van der Waals surface area contributed by atoms with Crippen LogP contribution in [-0.4, -0.2) is 23.3 Å². The summed E-state index contributed by atoms with van der Waals surface area (Å²) in [5.74, 6) is 0.171. The Hall–Kier alpha value is -3.46. The Balaban J connectivity index is 1.33. The molecule has 57 heavy (non-hydrogen) atoms. The topological polar surface area (TPSA) is 37.4 Å². The van der Waals surface area contributed by atoms with Crippen LogP contribution < -0.4 is 0 Å². The van der Waals surface area contributed by atoms with Crippen LogP contribution >= 0.6 is 0 Å². The van der Waals surface area contributed by atoms with Crippen LogP contribution in [0.3, 0.4) is 0 Å². The molecule has 1 atom stereocenters. The Labute approximate surface area is 346 Å². The van der Waals surface area contributed by atoms with Gasteiger partial charge in [0.2, 0.25) is 0 Å². The molecule has 1 heterocycles. The molecule has 5 aromatic rings. The Morgan fingerprint density at radius 2 is 1.05 bits per heavy atom. The number of carbonyl (C=O) groups excluding carboxylic acids is 2. The maximum atomic E-state index is 14.9. The summed E-state index contributed by atoms with van der Waals surface area (Å²) in [6.45, 7) is 9.52. The fourth-order valence-corrected chi connectivity index (χ4v) is 10.1. The molecule has 308 valence electrons. The second-order valence-corrected chi connectivity index (χ2v) is 17.9. The van der Waals surface area contributed by atoms with E-state index >= 15 is 0 Å². The van der Waals surface area contributed by atoms with Gasteiger partial charge in [0.15, 0.2) is 0 Å². The smallest absolute Gasteiger partial charge is 0.261 e. The highest BCUT2D eigenvalue weighted by atomic mass is 16.2. The molecule has 1 aliphatic heterocycles. The van der Waals surface area contributed by atoms with Gasteiger partial charge in [0.05, 0.1) is 5.56 Å². The number of imide groups is 1. The molecule has 0 bridgehead atoms. The quantitative estimate of drug-likeness (QED) is 0.0220. The molecule has 6 rings (SSSR count). The van der Waals surface area contributed by atoms with Crippen molar-refractivity contribution in [2.45, 2.75) is 195 Å². The molecule has 0 aliphatic carbocycles. The van der Waals surface area contributed by atoms with E-state index in [-0.39, 0.29) is 11.8 Å². The normalized spacial score (nSPS) is 13.7. The van der Waals surface area contributed by atoms with Crippen molar-refractivity contribution in [1.29, 1.82) is 0 Å². The highest BCUT2D eigenvalue weighted by molar-refractivity contribution is 6.39. The summed E-state index contributed by atoms with van der Waals surface area (Å²) in [6.07, 6.45) is 32.4. The van der Waals surface area contributed by atoms with Crippen LogP contribution in [0.2, 0.25) is 0 Å². The number of nitrogens with zero attached hydrogens (tertiary/aromatic N) is 1. The zero-order valence-electron chi connectivity index (χ0n) is 36.6. The number of rotatable bonds is 28. The van der Waals surface area contributed by atoms with E-state index in [1.54, 1.807) is 4.90 Å². The third-order valence-electron chi connectivity index (χ3n) is 13.6. The number of carbonyl (C=O) groups is 2. The van der Waals surface area contributed by atoms with Crippen molar-refractivity contribution in [3.8, 4) is 0 Å². The van der Waals surface area contributed by atoms with Gasteiger partial charge in [0.1, 0.15) is 0 Å². The van der Waals surface area contributed by atoms with Gasteiger partial charge in [-0.05, 0) is 99.0 Å². The Morgan fingerprint density at radius 1 is 0.474 bits per heavy atom. The molecule has 1 unspecified atom stereocenters. The number of unbranched alkanes of at least 4 members (excludes halogenated alkanes) is 19. The first-order chi connectivity index (χ1) is 28.0. The third kappa shape index (κ3) is 10.2. The van der Waals surface area contributed by atoms with E-state index in [1.165, 1.54) is 160 Å². The van der Waals surface area contributed by atoms with Crippen LogP contribution in [0, 0.1) is 5.92 Å². The van der Waals surface area contributed by atoms with Crippen LogP contribution in [0.25, 0.3) is 43.1 Å². The summed E-state index contributed by atoms with van der Waals surface area (Å²) in [6, 6.07) is 18.2. The van der Waals surface area contributed by atoms with E-state index in [1.807, 2.05) is 0 Å². The number of aryl methyl sites for hydroxylation is 2. The summed E-state index contributed by atoms with van der Waals surface area (Å²) < 4.78 is 0. The van der Waals surface area contributed by atoms with E-state index in [2.05, 4.69) is 76.2 Å². The number of hydrogen-bond acceptors (Lipinski definition) is 2. The summed E-state index contributed by atoms with van der Waals surface area (Å²) in [4.78, 5) is 31.1. The van der Waals surface area contributed by atoms with Crippen LogP contribution in [0.5, 0.6) is 0 Å². The molecule has 0 spiro atoms. The average molecular weight is 770 g/mol. The van der Waals surface area contributed by atoms with Gasteiger partial charge < -0.3 is 0 Å². The first kappa shape index (κ1) is 43.1. The molecule has 3 heteroatoms. The van der Waals surface area contributed by atoms with Crippen molar-refractivity contribution < 1.29 is 9.59 Å². The van der Waals surface area contributed by atoms with Crippen molar-refractivity contribution in [1.82, 2.24) is 4.90 Å². The molecular weight excluding hydrogens is 695 g/mol. The molecule has 0 N–H and O–H groups in total. The van der Waals surface area contributed by atoms with Gasteiger partial charge in [-0.25, -0.2) is 0 Å². The molecule has 0 radical (unpaired) electrons. The van der Waals surface area contributed by atoms with E-state index in [9.17, 15) is 9.59 Å². The SMILES string of the molecule is CCCCCCCCCCCCc1cc2c3cccc4ccc(CCCCCCCCCCCC)c(c5ccc6c(c1C(=O)N(CC(CC)CCCC)C6=O)c25)c43. The van der Waals surface area contributed by atoms with Gasteiger partial charge in [-0.2, -0.15) is 0 Å². The molecule has 3 nitrogen and oxygen atoms in total. The average Bonchev–Trinajstić information content (AvgIpc) is 3.23. The number of benzene rings is 5. The lowest BCUT2D eigenvalue weighted by molar-refractivity contribution is 0.0579. The minimum Gasteiger partial charge on any atom is -0.274 e. The lowest BCUT2D eigenvalue weighted by Gasteiger charge is -2.32. The lowest BCUT2D eigenvalue weighted by atomic mass is 9.80. The second-order valence-electron chi connectivity index (χ2n) is 17.9. The first-order valence-electron chi connectivity index (χ1n) is 24.1. The van der Waals surface area contributed by atoms with E-state index in [4.69, 9.17) is 0 Å². The highest BCUT2D eigenvalue weighted by Crippen LogP contribution is 2.46. The predicted octanol–water partition coefficient (Wildman–Crippen LogP) is 16.5. The molecule has 5 aromatic carbocycles. The van der Waals surface area contributed by atoms with Crippen molar-refractivity contribution in [2.75, 3.05) is 6.54 Å². The molecule has 0 saturated carbocycles. The van der Waals surface area contributed by atoms with Gasteiger partial charge in [0.25, 0.3) is 11.8 Å². The molecule has 0 aromatic heterocycles. The minimum atomic E-state index is -0.0984. The third-order valence-corrected chi connectivity index (χ3v) is 13.6. The second kappa shape index (κ2) is 22.1. The largest absolute Gasteiger partial charge is 0.274 e. The first-order valence-corrected chi connectivity index (χ1v) is 24.1. The molecule has 2 amide bonds. The zero-order chi connectivity index (χ0) is 40.0. The molecule has 0 fully saturated rings. The van der Waals surface area contributed by atoms with Crippen LogP contribution in [0.15, 0.2) is 48.5 Å². The van der Waals surface area contributed by atoms with Gasteiger partial charge in [-0.3, -0.25) is 14.5 Å². The number of hydrogen-bond donors (Lipinski definition) is 0.